The van der Waals surface area contributed by atoms with Gasteiger partial charge in [0.05, 0.1) is 13.1 Å². The number of anilines is 1. The first-order valence-electron chi connectivity index (χ1n) is 6.08. The highest BCUT2D eigenvalue weighted by Gasteiger charge is 2.32. The molecule has 8 heteroatoms. The van der Waals surface area contributed by atoms with E-state index < -0.39 is 30.2 Å². The molecule has 0 bridgehead atoms. The molecule has 0 atom stereocenters. The van der Waals surface area contributed by atoms with E-state index in [4.69, 9.17) is 10.8 Å². The summed E-state index contributed by atoms with van der Waals surface area (Å²) >= 11 is 0. The summed E-state index contributed by atoms with van der Waals surface area (Å²) < 4.78 is 0. The number of carbonyl (C=O) groups is 4. The first-order valence-corrected chi connectivity index (χ1v) is 6.08. The number of primary amides is 1. The Morgan fingerprint density at radius 2 is 1.62 bits per heavy atom. The molecule has 3 amide bonds. The van der Waals surface area contributed by atoms with Crippen molar-refractivity contribution in [1.82, 2.24) is 4.90 Å². The van der Waals surface area contributed by atoms with Crippen LogP contribution in [0.1, 0.15) is 10.4 Å². The number of carbonyl (C=O) groups excluding carboxylic acids is 3. The van der Waals surface area contributed by atoms with Gasteiger partial charge >= 0.3 is 5.97 Å². The molecule has 1 aliphatic rings. The van der Waals surface area contributed by atoms with Crippen LogP contribution in [-0.2, 0) is 14.4 Å². The number of carboxylic acids is 1. The van der Waals surface area contributed by atoms with Crippen molar-refractivity contribution in [2.45, 2.75) is 0 Å². The molecule has 110 valence electrons. The van der Waals surface area contributed by atoms with Gasteiger partial charge in [0.2, 0.25) is 17.7 Å². The van der Waals surface area contributed by atoms with Gasteiger partial charge in [-0.1, -0.05) is 0 Å². The minimum Gasteiger partial charge on any atom is -0.480 e. The number of piperazine rings is 1. The fourth-order valence-corrected chi connectivity index (χ4v) is 2.02. The van der Waals surface area contributed by atoms with Gasteiger partial charge in [-0.2, -0.15) is 0 Å². The molecule has 0 aliphatic carbocycles. The van der Waals surface area contributed by atoms with Crippen LogP contribution in [0.4, 0.5) is 5.69 Å². The van der Waals surface area contributed by atoms with E-state index >= 15 is 0 Å². The van der Waals surface area contributed by atoms with E-state index in [1.165, 1.54) is 17.0 Å². The van der Waals surface area contributed by atoms with E-state index in [2.05, 4.69) is 0 Å². The van der Waals surface area contributed by atoms with Gasteiger partial charge in [-0.25, -0.2) is 0 Å². The number of hydrogen-bond donors (Lipinski definition) is 2. The second kappa shape index (κ2) is 5.61. The lowest BCUT2D eigenvalue weighted by molar-refractivity contribution is -0.153. The normalized spacial score (nSPS) is 15.2. The van der Waals surface area contributed by atoms with Crippen molar-refractivity contribution < 1.29 is 24.3 Å². The average molecular weight is 291 g/mol. The van der Waals surface area contributed by atoms with Gasteiger partial charge in [0.15, 0.2) is 0 Å². The first-order chi connectivity index (χ1) is 9.88. The molecule has 1 aromatic rings. The van der Waals surface area contributed by atoms with Gasteiger partial charge < -0.3 is 15.7 Å². The Bertz CT molecular complexity index is 593. The van der Waals surface area contributed by atoms with Crippen molar-refractivity contribution in [2.75, 3.05) is 24.5 Å². The number of rotatable bonds is 4. The molecular weight excluding hydrogens is 278 g/mol. The van der Waals surface area contributed by atoms with Crippen molar-refractivity contribution in [3.05, 3.63) is 29.8 Å². The van der Waals surface area contributed by atoms with Crippen molar-refractivity contribution in [3.8, 4) is 0 Å². The molecule has 1 aliphatic heterocycles. The fraction of sp³-hybridized carbons (Fsp3) is 0.231. The van der Waals surface area contributed by atoms with Crippen LogP contribution in [0.15, 0.2) is 24.3 Å². The largest absolute Gasteiger partial charge is 0.480 e. The van der Waals surface area contributed by atoms with E-state index in [-0.39, 0.29) is 13.1 Å². The van der Waals surface area contributed by atoms with Crippen molar-refractivity contribution >= 4 is 29.4 Å². The molecule has 1 heterocycles. The molecule has 21 heavy (non-hydrogen) atoms. The molecule has 3 N–H and O–H groups in total. The number of benzene rings is 1. The van der Waals surface area contributed by atoms with Crippen LogP contribution in [0.3, 0.4) is 0 Å². The van der Waals surface area contributed by atoms with Gasteiger partial charge in [0, 0.05) is 11.3 Å². The average Bonchev–Trinajstić information content (AvgIpc) is 2.42. The monoisotopic (exact) mass is 291 g/mol. The maximum Gasteiger partial charge on any atom is 0.323 e. The molecule has 1 fully saturated rings. The van der Waals surface area contributed by atoms with E-state index in [0.29, 0.717) is 11.3 Å². The summed E-state index contributed by atoms with van der Waals surface area (Å²) in [5.74, 6) is -2.96. The highest BCUT2D eigenvalue weighted by atomic mass is 16.4. The highest BCUT2D eigenvalue weighted by molar-refractivity contribution is 6.04. The fourth-order valence-electron chi connectivity index (χ4n) is 2.02. The molecule has 0 aromatic heterocycles. The van der Waals surface area contributed by atoms with Gasteiger partial charge in [-0.3, -0.25) is 24.1 Å². The predicted molar refractivity (Wildman–Crippen MR) is 71.5 cm³/mol. The Morgan fingerprint density at radius 1 is 1.10 bits per heavy atom. The predicted octanol–water partition coefficient (Wildman–Crippen LogP) is -0.955. The van der Waals surface area contributed by atoms with E-state index in [0.717, 1.165) is 4.90 Å². The van der Waals surface area contributed by atoms with Crippen molar-refractivity contribution in [1.29, 1.82) is 0 Å². The summed E-state index contributed by atoms with van der Waals surface area (Å²) in [4.78, 5) is 47.5. The number of aliphatic carboxylic acids is 1. The van der Waals surface area contributed by atoms with Crippen LogP contribution >= 0.6 is 0 Å². The molecule has 1 aromatic carbocycles. The zero-order valence-electron chi connectivity index (χ0n) is 11.0. The van der Waals surface area contributed by atoms with Crippen LogP contribution in [0.2, 0.25) is 0 Å². The van der Waals surface area contributed by atoms with E-state index in [1.54, 1.807) is 12.1 Å². The first kappa shape index (κ1) is 14.5. The zero-order valence-corrected chi connectivity index (χ0v) is 11.0. The maximum atomic E-state index is 11.8. The number of nitrogens with zero attached hydrogens (tertiary/aromatic N) is 2. The second-order valence-corrected chi connectivity index (χ2v) is 4.53. The molecule has 1 saturated heterocycles. The molecule has 0 radical (unpaired) electrons. The molecule has 2 rings (SSSR count). The number of nitrogens with two attached hydrogens (primary N) is 1. The van der Waals surface area contributed by atoms with E-state index in [1.807, 2.05) is 0 Å². The summed E-state index contributed by atoms with van der Waals surface area (Å²) in [7, 11) is 0. The van der Waals surface area contributed by atoms with Crippen LogP contribution in [0.25, 0.3) is 0 Å². The Labute approximate surface area is 119 Å². The summed E-state index contributed by atoms with van der Waals surface area (Å²) in [6, 6.07) is 6.15. The third-order valence-corrected chi connectivity index (χ3v) is 3.06. The molecule has 8 nitrogen and oxygen atoms in total. The SMILES string of the molecule is NC(=O)c1ccc(N2CC(=O)N(CC(=O)O)C(=O)C2)cc1. The highest BCUT2D eigenvalue weighted by Crippen LogP contribution is 2.18. The third-order valence-electron chi connectivity index (χ3n) is 3.06. The van der Waals surface area contributed by atoms with Gasteiger partial charge in [0.1, 0.15) is 6.54 Å². The summed E-state index contributed by atoms with van der Waals surface area (Å²) in [5.41, 5.74) is 6.03. The van der Waals surface area contributed by atoms with Crippen LogP contribution in [0.5, 0.6) is 0 Å². The lowest BCUT2D eigenvalue weighted by Crippen LogP contribution is -2.55. The van der Waals surface area contributed by atoms with Crippen LogP contribution < -0.4 is 10.6 Å². The molecule has 0 unspecified atom stereocenters. The summed E-state index contributed by atoms with van der Waals surface area (Å²) in [6.45, 7) is -0.837. The smallest absolute Gasteiger partial charge is 0.323 e. The topological polar surface area (TPSA) is 121 Å². The Hall–Kier alpha value is -2.90. The van der Waals surface area contributed by atoms with Gasteiger partial charge in [0.25, 0.3) is 0 Å². The summed E-state index contributed by atoms with van der Waals surface area (Å²) in [5, 5.41) is 8.66. The maximum absolute atomic E-state index is 11.8. The standard InChI is InChI=1S/C13H13N3O5/c14-13(21)8-1-3-9(4-2-8)15-5-10(17)16(7-12(19)20)11(18)6-15/h1-4H,5-7H2,(H2,14,21)(H,19,20). The Morgan fingerprint density at radius 3 is 2.05 bits per heavy atom. The van der Waals surface area contributed by atoms with Crippen molar-refractivity contribution in [2.24, 2.45) is 5.73 Å². The number of carboxylic acid groups (broad SMARTS) is 1. The summed E-state index contributed by atoms with van der Waals surface area (Å²) in [6.07, 6.45) is 0. The lowest BCUT2D eigenvalue weighted by Gasteiger charge is -2.33. The molecule has 0 spiro atoms. The minimum atomic E-state index is -1.24. The number of amides is 3. The lowest BCUT2D eigenvalue weighted by atomic mass is 10.1. The van der Waals surface area contributed by atoms with Crippen LogP contribution in [-0.4, -0.2) is 53.3 Å². The zero-order chi connectivity index (χ0) is 15.6. The Balaban J connectivity index is 2.13. The quantitative estimate of drug-likeness (QED) is 0.689. The van der Waals surface area contributed by atoms with Crippen LogP contribution in [0, 0.1) is 0 Å². The van der Waals surface area contributed by atoms with Crippen molar-refractivity contribution in [3.63, 3.8) is 0 Å². The van der Waals surface area contributed by atoms with Gasteiger partial charge in [-0.15, -0.1) is 0 Å². The number of imide groups is 1. The third kappa shape index (κ3) is 3.16. The molecule has 0 saturated carbocycles. The Kier molecular flexibility index (Phi) is 3.88. The second-order valence-electron chi connectivity index (χ2n) is 4.53. The van der Waals surface area contributed by atoms with E-state index in [9.17, 15) is 19.2 Å². The number of hydrogen-bond acceptors (Lipinski definition) is 5. The van der Waals surface area contributed by atoms with Gasteiger partial charge in [-0.05, 0) is 24.3 Å². The molecular formula is C13H13N3O5. The minimum absolute atomic E-state index is 0.102.